The molecule has 154 valence electrons. The number of fused-ring (bicyclic) bond motifs is 1. The van der Waals surface area contributed by atoms with E-state index in [0.717, 1.165) is 11.1 Å². The van der Waals surface area contributed by atoms with Crippen LogP contribution in [0.2, 0.25) is 5.02 Å². The first-order valence-corrected chi connectivity index (χ1v) is 9.35. The van der Waals surface area contributed by atoms with Gasteiger partial charge in [-0.1, -0.05) is 16.8 Å². The van der Waals surface area contributed by atoms with Crippen LogP contribution in [0.1, 0.15) is 5.69 Å². The molecule has 1 fully saturated rings. The third-order valence-corrected chi connectivity index (χ3v) is 5.23. The Hall–Kier alpha value is -2.59. The van der Waals surface area contributed by atoms with Gasteiger partial charge in [0.25, 0.3) is 12.0 Å². The number of nitrogens with zero attached hydrogens (tertiary/aromatic N) is 5. The molecule has 0 bridgehead atoms. The summed E-state index contributed by atoms with van der Waals surface area (Å²) in [6.07, 6.45) is -1.34. The van der Waals surface area contributed by atoms with Crippen molar-refractivity contribution in [2.24, 2.45) is 0 Å². The van der Waals surface area contributed by atoms with Gasteiger partial charge < -0.3 is 9.42 Å². The van der Waals surface area contributed by atoms with E-state index >= 15 is 0 Å². The maximum Gasteiger partial charge on any atom is 0.287 e. The molecule has 0 spiro atoms. The van der Waals surface area contributed by atoms with Crippen LogP contribution >= 0.6 is 11.6 Å². The van der Waals surface area contributed by atoms with Crippen molar-refractivity contribution >= 4 is 28.3 Å². The molecule has 0 aliphatic carbocycles. The molecule has 0 radical (unpaired) electrons. The van der Waals surface area contributed by atoms with E-state index in [4.69, 9.17) is 16.1 Å². The number of halogens is 4. The van der Waals surface area contributed by atoms with Gasteiger partial charge in [0, 0.05) is 44.2 Å². The van der Waals surface area contributed by atoms with Crippen molar-refractivity contribution in [1.82, 2.24) is 19.8 Å². The van der Waals surface area contributed by atoms with Crippen LogP contribution in [0, 0.1) is 5.82 Å². The normalized spacial score (nSPS) is 15.6. The topological polar surface area (TPSA) is 67.4 Å². The number of benzene rings is 1. The molecule has 0 N–H and O–H groups in total. The maximum atomic E-state index is 13.3. The minimum atomic E-state index is -2.69. The molecule has 7 nitrogen and oxygen atoms in total. The molecule has 1 saturated heterocycles. The molecule has 1 aromatic carbocycles. The Kier molecular flexibility index (Phi) is 5.46. The predicted octanol–water partition coefficient (Wildman–Crippen LogP) is 2.76. The summed E-state index contributed by atoms with van der Waals surface area (Å²) in [4.78, 5) is 16.2. The van der Waals surface area contributed by atoms with Crippen molar-refractivity contribution in [3.8, 4) is 0 Å². The molecule has 1 aliphatic rings. The van der Waals surface area contributed by atoms with Crippen LogP contribution in [0.15, 0.2) is 33.7 Å². The fourth-order valence-electron chi connectivity index (χ4n) is 3.37. The van der Waals surface area contributed by atoms with Gasteiger partial charge in [-0.05, 0) is 12.1 Å². The SMILES string of the molecule is O=c1c(Cl)c(N2CCN(Cc3noc4cc(F)ccc34)CC2)cnn1CC(F)F. The molecule has 29 heavy (non-hydrogen) atoms. The number of rotatable bonds is 5. The summed E-state index contributed by atoms with van der Waals surface area (Å²) in [6, 6.07) is 4.31. The fourth-order valence-corrected chi connectivity index (χ4v) is 3.64. The van der Waals surface area contributed by atoms with Gasteiger partial charge in [0.05, 0.1) is 11.9 Å². The predicted molar refractivity (Wildman–Crippen MR) is 101 cm³/mol. The van der Waals surface area contributed by atoms with Crippen LogP contribution in [0.25, 0.3) is 11.0 Å². The molecule has 0 amide bonds. The number of hydrogen-bond acceptors (Lipinski definition) is 6. The Morgan fingerprint density at radius 1 is 1.21 bits per heavy atom. The molecule has 0 unspecified atom stereocenters. The zero-order chi connectivity index (χ0) is 20.5. The van der Waals surface area contributed by atoms with Crippen molar-refractivity contribution in [2.75, 3.05) is 31.1 Å². The summed E-state index contributed by atoms with van der Waals surface area (Å²) >= 11 is 6.12. The summed E-state index contributed by atoms with van der Waals surface area (Å²) < 4.78 is 44.2. The number of aromatic nitrogens is 3. The lowest BCUT2D eigenvalue weighted by molar-refractivity contribution is 0.119. The monoisotopic (exact) mass is 427 g/mol. The first-order valence-electron chi connectivity index (χ1n) is 8.97. The van der Waals surface area contributed by atoms with Crippen LogP contribution in [0.5, 0.6) is 0 Å². The van der Waals surface area contributed by atoms with Crippen LogP contribution in [0.4, 0.5) is 18.9 Å². The average molecular weight is 428 g/mol. The minimum absolute atomic E-state index is 0.112. The lowest BCUT2D eigenvalue weighted by atomic mass is 10.2. The molecule has 0 saturated carbocycles. The zero-order valence-corrected chi connectivity index (χ0v) is 15.9. The highest BCUT2D eigenvalue weighted by Gasteiger charge is 2.23. The lowest BCUT2D eigenvalue weighted by Gasteiger charge is -2.35. The van der Waals surface area contributed by atoms with Gasteiger partial charge in [0.15, 0.2) is 5.58 Å². The molecule has 2 aromatic heterocycles. The van der Waals surface area contributed by atoms with E-state index in [0.29, 0.717) is 48.7 Å². The molecule has 3 aromatic rings. The molecule has 3 heterocycles. The number of alkyl halides is 2. The second kappa shape index (κ2) is 8.03. The maximum absolute atomic E-state index is 13.3. The number of piperazine rings is 1. The highest BCUT2D eigenvalue weighted by atomic mass is 35.5. The van der Waals surface area contributed by atoms with E-state index in [-0.39, 0.29) is 10.8 Å². The van der Waals surface area contributed by atoms with E-state index in [1.807, 2.05) is 4.90 Å². The Bertz CT molecular complexity index is 1080. The highest BCUT2D eigenvalue weighted by Crippen LogP contribution is 2.24. The van der Waals surface area contributed by atoms with Crippen molar-refractivity contribution in [3.63, 3.8) is 0 Å². The van der Waals surface area contributed by atoms with Crippen LogP contribution < -0.4 is 10.5 Å². The smallest absolute Gasteiger partial charge is 0.287 e. The zero-order valence-electron chi connectivity index (χ0n) is 15.2. The minimum Gasteiger partial charge on any atom is -0.366 e. The summed E-state index contributed by atoms with van der Waals surface area (Å²) in [5.41, 5.74) is 0.834. The first-order chi connectivity index (χ1) is 13.9. The third kappa shape index (κ3) is 4.08. The van der Waals surface area contributed by atoms with E-state index in [1.54, 1.807) is 6.07 Å². The number of anilines is 1. The van der Waals surface area contributed by atoms with Crippen molar-refractivity contribution in [3.05, 3.63) is 51.3 Å². The second-order valence-corrected chi connectivity index (χ2v) is 7.13. The summed E-state index contributed by atoms with van der Waals surface area (Å²) in [5.74, 6) is -0.380. The molecular weight excluding hydrogens is 411 g/mol. The average Bonchev–Trinajstić information content (AvgIpc) is 3.08. The summed E-state index contributed by atoms with van der Waals surface area (Å²) in [7, 11) is 0. The van der Waals surface area contributed by atoms with E-state index in [9.17, 15) is 18.0 Å². The molecule has 11 heteroatoms. The van der Waals surface area contributed by atoms with E-state index in [1.165, 1.54) is 18.3 Å². The van der Waals surface area contributed by atoms with Gasteiger partial charge in [-0.15, -0.1) is 0 Å². The quantitative estimate of drug-likeness (QED) is 0.624. The molecular formula is C18H17ClF3N5O2. The van der Waals surface area contributed by atoms with Crippen molar-refractivity contribution in [1.29, 1.82) is 0 Å². The lowest BCUT2D eigenvalue weighted by Crippen LogP contribution is -2.46. The Balaban J connectivity index is 1.43. The van der Waals surface area contributed by atoms with Gasteiger partial charge >= 0.3 is 0 Å². The fraction of sp³-hybridized carbons (Fsp3) is 0.389. The third-order valence-electron chi connectivity index (χ3n) is 4.87. The molecule has 4 rings (SSSR count). The Labute approximate surface area is 168 Å². The summed E-state index contributed by atoms with van der Waals surface area (Å²) in [5, 5.41) is 8.50. The van der Waals surface area contributed by atoms with Crippen LogP contribution in [-0.2, 0) is 13.1 Å². The largest absolute Gasteiger partial charge is 0.366 e. The van der Waals surface area contributed by atoms with Crippen molar-refractivity contribution in [2.45, 2.75) is 19.5 Å². The van der Waals surface area contributed by atoms with Gasteiger partial charge in [0.2, 0.25) is 0 Å². The van der Waals surface area contributed by atoms with Gasteiger partial charge in [-0.3, -0.25) is 9.69 Å². The second-order valence-electron chi connectivity index (χ2n) is 6.76. The first kappa shape index (κ1) is 19.7. The van der Waals surface area contributed by atoms with Gasteiger partial charge in [-0.25, -0.2) is 17.9 Å². The van der Waals surface area contributed by atoms with Gasteiger partial charge in [0.1, 0.15) is 23.1 Å². The van der Waals surface area contributed by atoms with E-state index < -0.39 is 18.5 Å². The van der Waals surface area contributed by atoms with Crippen LogP contribution in [0.3, 0.4) is 0 Å². The Morgan fingerprint density at radius 3 is 2.69 bits per heavy atom. The Morgan fingerprint density at radius 2 is 1.97 bits per heavy atom. The molecule has 1 aliphatic heterocycles. The van der Waals surface area contributed by atoms with Crippen molar-refractivity contribution < 1.29 is 17.7 Å². The number of hydrogen-bond donors (Lipinski definition) is 0. The highest BCUT2D eigenvalue weighted by molar-refractivity contribution is 6.33. The summed E-state index contributed by atoms with van der Waals surface area (Å²) in [6.45, 7) is 2.21. The van der Waals surface area contributed by atoms with E-state index in [2.05, 4.69) is 15.2 Å². The molecule has 0 atom stereocenters. The van der Waals surface area contributed by atoms with Gasteiger partial charge in [-0.2, -0.15) is 5.10 Å². The standard InChI is InChI=1S/C18H17ClF3N5O2/c19-17-14(8-23-27(18(17)28)10-16(21)22)26-5-3-25(4-6-26)9-13-12-2-1-11(20)7-15(12)29-24-13/h1-2,7-8,16H,3-6,9-10H2. The van der Waals surface area contributed by atoms with Crippen LogP contribution in [-0.4, -0.2) is 52.4 Å².